The summed E-state index contributed by atoms with van der Waals surface area (Å²) in [5, 5.41) is 0. The molecule has 1 amide bonds. The molecule has 0 unspecified atom stereocenters. The molecule has 0 radical (unpaired) electrons. The van der Waals surface area contributed by atoms with E-state index in [0.717, 1.165) is 25.3 Å². The molecule has 1 saturated heterocycles. The van der Waals surface area contributed by atoms with E-state index in [1.807, 2.05) is 0 Å². The van der Waals surface area contributed by atoms with Crippen molar-refractivity contribution in [2.75, 3.05) is 18.8 Å². The van der Waals surface area contributed by atoms with Crippen LogP contribution in [0.3, 0.4) is 0 Å². The highest BCUT2D eigenvalue weighted by Crippen LogP contribution is 2.49. The molecule has 0 aromatic carbocycles. The molecule has 0 atom stereocenters. The van der Waals surface area contributed by atoms with Gasteiger partial charge in [-0.25, -0.2) is 0 Å². The maximum absolute atomic E-state index is 12.2. The summed E-state index contributed by atoms with van der Waals surface area (Å²) in [7, 11) is 0. The Labute approximate surface area is 104 Å². The minimum atomic E-state index is 0.280. The molecule has 1 aliphatic heterocycles. The Morgan fingerprint density at radius 3 is 2.12 bits per heavy atom. The van der Waals surface area contributed by atoms with E-state index < -0.39 is 0 Å². The average Bonchev–Trinajstić information content (AvgIpc) is 2.97. The number of carbonyl (C=O) groups excluding carboxylic acids is 1. The maximum atomic E-state index is 12.2. The molecule has 0 spiro atoms. The zero-order valence-electron chi connectivity index (χ0n) is 10.1. The molecule has 1 heterocycles. The van der Waals surface area contributed by atoms with Gasteiger partial charge in [-0.3, -0.25) is 4.79 Å². The summed E-state index contributed by atoms with van der Waals surface area (Å²) in [6.45, 7) is 1.98. The van der Waals surface area contributed by atoms with Crippen molar-refractivity contribution in [3.8, 4) is 0 Å². The monoisotopic (exact) mass is 241 g/mol. The average molecular weight is 241 g/mol. The number of rotatable bonds is 3. The van der Waals surface area contributed by atoms with Crippen molar-refractivity contribution in [1.29, 1.82) is 0 Å². The van der Waals surface area contributed by atoms with Gasteiger partial charge in [0.05, 0.1) is 0 Å². The molecule has 16 heavy (non-hydrogen) atoms. The van der Waals surface area contributed by atoms with Gasteiger partial charge >= 0.3 is 0 Å². The van der Waals surface area contributed by atoms with Gasteiger partial charge in [-0.2, -0.15) is 12.6 Å². The summed E-state index contributed by atoms with van der Waals surface area (Å²) in [5.74, 6) is 1.26. The van der Waals surface area contributed by atoms with E-state index in [2.05, 4.69) is 17.5 Å². The third-order valence-corrected chi connectivity index (χ3v) is 4.70. The molecule has 2 fully saturated rings. The van der Waals surface area contributed by atoms with E-state index in [9.17, 15) is 4.79 Å². The predicted octanol–water partition coefficient (Wildman–Crippen LogP) is 2.88. The molecule has 92 valence electrons. The van der Waals surface area contributed by atoms with Gasteiger partial charge in [0, 0.05) is 19.5 Å². The van der Waals surface area contributed by atoms with Crippen LogP contribution in [0, 0.1) is 5.41 Å². The topological polar surface area (TPSA) is 20.3 Å². The summed E-state index contributed by atoms with van der Waals surface area (Å²) in [6.07, 6.45) is 9.48. The Balaban J connectivity index is 1.82. The predicted molar refractivity (Wildman–Crippen MR) is 69.8 cm³/mol. The van der Waals surface area contributed by atoms with E-state index in [0.29, 0.717) is 5.91 Å². The molecule has 0 aromatic rings. The Morgan fingerprint density at radius 1 is 1.06 bits per heavy atom. The fraction of sp³-hybridized carbons (Fsp3) is 0.923. The summed E-state index contributed by atoms with van der Waals surface area (Å²) in [4.78, 5) is 14.3. The van der Waals surface area contributed by atoms with Crippen LogP contribution < -0.4 is 0 Å². The molecule has 2 rings (SSSR count). The quantitative estimate of drug-likeness (QED) is 0.753. The van der Waals surface area contributed by atoms with Gasteiger partial charge in [-0.15, -0.1) is 0 Å². The highest BCUT2D eigenvalue weighted by atomic mass is 32.1. The Hall–Kier alpha value is -0.180. The third-order valence-electron chi connectivity index (χ3n) is 4.03. The van der Waals surface area contributed by atoms with E-state index in [1.54, 1.807) is 0 Å². The maximum Gasteiger partial charge on any atom is 0.223 e. The molecule has 3 heteroatoms. The summed E-state index contributed by atoms with van der Waals surface area (Å²) >= 11 is 4.37. The Morgan fingerprint density at radius 2 is 1.62 bits per heavy atom. The lowest BCUT2D eigenvalue weighted by Gasteiger charge is -2.26. The van der Waals surface area contributed by atoms with Gasteiger partial charge in [-0.05, 0) is 36.9 Å². The van der Waals surface area contributed by atoms with Crippen LogP contribution in [0.25, 0.3) is 0 Å². The standard InChI is InChI=1S/C13H23NOS/c15-12(10-13(11-16)6-7-13)14-8-4-2-1-3-5-9-14/h16H,1-11H2. The molecular weight excluding hydrogens is 218 g/mol. The lowest BCUT2D eigenvalue weighted by molar-refractivity contribution is -0.132. The van der Waals surface area contributed by atoms with E-state index >= 15 is 0 Å². The van der Waals surface area contributed by atoms with Crippen LogP contribution in [0.15, 0.2) is 0 Å². The zero-order valence-corrected chi connectivity index (χ0v) is 11.0. The van der Waals surface area contributed by atoms with Gasteiger partial charge in [0.1, 0.15) is 0 Å². The Bertz CT molecular complexity index is 242. The number of thiol groups is 1. The SMILES string of the molecule is O=C(CC1(CS)CC1)N1CCCCCCC1. The van der Waals surface area contributed by atoms with Crippen LogP contribution in [0.4, 0.5) is 0 Å². The molecule has 1 aliphatic carbocycles. The van der Waals surface area contributed by atoms with Gasteiger partial charge in [0.2, 0.25) is 5.91 Å². The van der Waals surface area contributed by atoms with Crippen LogP contribution in [-0.4, -0.2) is 29.6 Å². The first-order chi connectivity index (χ1) is 7.76. The van der Waals surface area contributed by atoms with Crippen LogP contribution >= 0.6 is 12.6 Å². The normalized spacial score (nSPS) is 24.7. The molecular formula is C13H23NOS. The first-order valence-corrected chi connectivity index (χ1v) is 7.28. The first-order valence-electron chi connectivity index (χ1n) is 6.64. The summed E-state index contributed by atoms with van der Waals surface area (Å²) in [6, 6.07) is 0. The van der Waals surface area contributed by atoms with E-state index in [-0.39, 0.29) is 5.41 Å². The van der Waals surface area contributed by atoms with Gasteiger partial charge in [0.15, 0.2) is 0 Å². The highest BCUT2D eigenvalue weighted by Gasteiger charge is 2.43. The fourth-order valence-electron chi connectivity index (χ4n) is 2.50. The third kappa shape index (κ3) is 3.16. The van der Waals surface area contributed by atoms with Crippen LogP contribution in [0.2, 0.25) is 0 Å². The lowest BCUT2D eigenvalue weighted by atomic mass is 10.0. The number of amides is 1. The number of likely N-dealkylation sites (tertiary alicyclic amines) is 1. The van der Waals surface area contributed by atoms with Crippen molar-refractivity contribution >= 4 is 18.5 Å². The zero-order chi connectivity index (χ0) is 11.4. The smallest absolute Gasteiger partial charge is 0.223 e. The van der Waals surface area contributed by atoms with Crippen molar-refractivity contribution < 1.29 is 4.79 Å². The van der Waals surface area contributed by atoms with Gasteiger partial charge < -0.3 is 4.90 Å². The molecule has 2 aliphatic rings. The van der Waals surface area contributed by atoms with E-state index in [4.69, 9.17) is 0 Å². The fourth-order valence-corrected chi connectivity index (χ4v) is 2.93. The van der Waals surface area contributed by atoms with Crippen LogP contribution in [-0.2, 0) is 4.79 Å². The molecule has 2 nitrogen and oxygen atoms in total. The summed E-state index contributed by atoms with van der Waals surface area (Å²) < 4.78 is 0. The molecule has 0 bridgehead atoms. The number of hydrogen-bond acceptors (Lipinski definition) is 2. The minimum absolute atomic E-state index is 0.280. The van der Waals surface area contributed by atoms with Crippen molar-refractivity contribution in [3.63, 3.8) is 0 Å². The number of carbonyl (C=O) groups is 1. The second-order valence-electron chi connectivity index (χ2n) is 5.48. The lowest BCUT2D eigenvalue weighted by Crippen LogP contribution is -2.35. The second kappa shape index (κ2) is 5.44. The van der Waals surface area contributed by atoms with Gasteiger partial charge in [-0.1, -0.05) is 19.3 Å². The summed E-state index contributed by atoms with van der Waals surface area (Å²) in [5.41, 5.74) is 0.280. The van der Waals surface area contributed by atoms with Gasteiger partial charge in [0.25, 0.3) is 0 Å². The van der Waals surface area contributed by atoms with Crippen LogP contribution in [0.1, 0.15) is 51.4 Å². The largest absolute Gasteiger partial charge is 0.343 e. The second-order valence-corrected chi connectivity index (χ2v) is 5.80. The minimum Gasteiger partial charge on any atom is -0.343 e. The molecule has 0 N–H and O–H groups in total. The van der Waals surface area contributed by atoms with Crippen molar-refractivity contribution in [3.05, 3.63) is 0 Å². The van der Waals surface area contributed by atoms with Crippen LogP contribution in [0.5, 0.6) is 0 Å². The van der Waals surface area contributed by atoms with Crippen molar-refractivity contribution in [2.24, 2.45) is 5.41 Å². The molecule has 1 saturated carbocycles. The van der Waals surface area contributed by atoms with Crippen molar-refractivity contribution in [1.82, 2.24) is 4.90 Å². The number of hydrogen-bond donors (Lipinski definition) is 1. The van der Waals surface area contributed by atoms with Crippen molar-refractivity contribution in [2.45, 2.75) is 51.4 Å². The molecule has 0 aromatic heterocycles. The number of nitrogens with zero attached hydrogens (tertiary/aromatic N) is 1. The highest BCUT2D eigenvalue weighted by molar-refractivity contribution is 7.80. The Kier molecular flexibility index (Phi) is 4.17. The first kappa shape index (κ1) is 12.3. The van der Waals surface area contributed by atoms with E-state index in [1.165, 1.54) is 44.9 Å².